The number of allylic oxidation sites excluding steroid dienone is 2. The highest BCUT2D eigenvalue weighted by atomic mass is 79.9. The number of nitrogens with one attached hydrogen (secondary N) is 1. The van der Waals surface area contributed by atoms with Crippen molar-refractivity contribution in [3.05, 3.63) is 45.8 Å². The summed E-state index contributed by atoms with van der Waals surface area (Å²) in [5, 5.41) is 15.3. The fourth-order valence-electron chi connectivity index (χ4n) is 5.63. The maximum Gasteiger partial charge on any atom is 0.303 e. The molecule has 4 nitrogen and oxygen atoms in total. The van der Waals surface area contributed by atoms with Gasteiger partial charge in [-0.05, 0) is 77.3 Å². The van der Waals surface area contributed by atoms with Crippen LogP contribution < -0.4 is 5.32 Å². The van der Waals surface area contributed by atoms with E-state index in [0.717, 1.165) is 39.4 Å². The largest absolute Gasteiger partial charge is 0.481 e. The number of thiophene rings is 1. The highest BCUT2D eigenvalue weighted by Gasteiger charge is 2.57. The Hall–Kier alpha value is -1.66. The summed E-state index contributed by atoms with van der Waals surface area (Å²) in [5.74, 6) is 1.00. The minimum atomic E-state index is -0.737. The van der Waals surface area contributed by atoms with E-state index < -0.39 is 5.97 Å². The number of benzene rings is 1. The second kappa shape index (κ2) is 9.07. The molecule has 6 heteroatoms. The van der Waals surface area contributed by atoms with Crippen LogP contribution in [0.3, 0.4) is 0 Å². The molecule has 1 aromatic carbocycles. The number of hydrogen-bond donors (Lipinski definition) is 2. The molecular formula is C25H30BrNO3S. The van der Waals surface area contributed by atoms with Crippen LogP contribution in [0.5, 0.6) is 0 Å². The summed E-state index contributed by atoms with van der Waals surface area (Å²) in [7, 11) is 0. The molecule has 1 aromatic heterocycles. The van der Waals surface area contributed by atoms with Gasteiger partial charge in [0.05, 0.1) is 5.56 Å². The fourth-order valence-corrected chi connectivity index (χ4v) is 7.32. The van der Waals surface area contributed by atoms with Gasteiger partial charge < -0.3 is 10.4 Å². The van der Waals surface area contributed by atoms with Gasteiger partial charge in [-0.3, -0.25) is 9.59 Å². The minimum absolute atomic E-state index is 0.0273. The number of unbranched alkanes of at least 4 members (excludes halogenated alkanes) is 1. The average molecular weight is 504 g/mol. The first-order chi connectivity index (χ1) is 14.8. The molecule has 2 aromatic rings. The summed E-state index contributed by atoms with van der Waals surface area (Å²) >= 11 is 5.18. The molecule has 3 fully saturated rings. The molecule has 0 radical (unpaired) electrons. The molecule has 166 valence electrons. The van der Waals surface area contributed by atoms with Gasteiger partial charge in [-0.25, -0.2) is 0 Å². The molecule has 1 unspecified atom stereocenters. The molecule has 2 bridgehead atoms. The molecule has 1 heterocycles. The quantitative estimate of drug-likeness (QED) is 0.313. The van der Waals surface area contributed by atoms with Gasteiger partial charge in [-0.2, -0.15) is 0 Å². The molecule has 3 aliphatic carbocycles. The number of carboxylic acid groups (broad SMARTS) is 1. The van der Waals surface area contributed by atoms with E-state index in [2.05, 4.69) is 47.2 Å². The Morgan fingerprint density at radius 2 is 2.10 bits per heavy atom. The highest BCUT2D eigenvalue weighted by molar-refractivity contribution is 9.10. The summed E-state index contributed by atoms with van der Waals surface area (Å²) in [6.45, 7) is 4.74. The molecule has 4 atom stereocenters. The first-order valence-electron chi connectivity index (χ1n) is 11.1. The number of fused-ring (bicyclic) bond motifs is 3. The standard InChI is InChI=1S/C25H30BrNO3S/c1-25(2)15-12-19(25)16(8-5-3-4-6-11-22(28)29)21(13-15)27-24(30)18-10-7-9-17-20(26)14-31-23(17)18/h3,5,7,9-10,14-16,19,21H,4,6,8,11-13H2,1-2H3,(H,27,30)(H,28,29)/t15-,16-,19+,21?/m1/s1. The third-order valence-electron chi connectivity index (χ3n) is 7.57. The molecule has 0 aliphatic heterocycles. The van der Waals surface area contributed by atoms with Crippen molar-refractivity contribution in [1.29, 1.82) is 0 Å². The summed E-state index contributed by atoms with van der Waals surface area (Å²) in [5.41, 5.74) is 1.09. The van der Waals surface area contributed by atoms with Gasteiger partial charge in [-0.1, -0.05) is 38.1 Å². The van der Waals surface area contributed by atoms with E-state index in [0.29, 0.717) is 29.6 Å². The van der Waals surface area contributed by atoms with E-state index in [-0.39, 0.29) is 18.4 Å². The number of aliphatic carboxylic acids is 1. The number of carbonyl (C=O) groups is 2. The smallest absolute Gasteiger partial charge is 0.303 e. The zero-order valence-electron chi connectivity index (χ0n) is 18.1. The van der Waals surface area contributed by atoms with Crippen LogP contribution in [0.15, 0.2) is 40.2 Å². The molecule has 31 heavy (non-hydrogen) atoms. The predicted octanol–water partition coefficient (Wildman–Crippen LogP) is 6.65. The van der Waals surface area contributed by atoms with Crippen molar-refractivity contribution < 1.29 is 14.7 Å². The van der Waals surface area contributed by atoms with Crippen molar-refractivity contribution >= 4 is 49.2 Å². The zero-order chi connectivity index (χ0) is 22.2. The number of rotatable bonds is 8. The van der Waals surface area contributed by atoms with Gasteiger partial charge in [0.2, 0.25) is 0 Å². The van der Waals surface area contributed by atoms with Crippen molar-refractivity contribution in [2.45, 2.75) is 58.4 Å². The minimum Gasteiger partial charge on any atom is -0.481 e. The SMILES string of the molecule is CC1(C)[C@H]2CC(NC(=O)c3cccc4c(Br)csc34)[C@H](CC=CCCCC(=O)O)[C@@H]1C2. The number of hydrogen-bond acceptors (Lipinski definition) is 3. The first kappa shape index (κ1) is 22.5. The van der Waals surface area contributed by atoms with Gasteiger partial charge in [0.25, 0.3) is 5.91 Å². The first-order valence-corrected chi connectivity index (χ1v) is 12.8. The van der Waals surface area contributed by atoms with E-state index in [4.69, 9.17) is 5.11 Å². The molecule has 5 rings (SSSR count). The summed E-state index contributed by atoms with van der Waals surface area (Å²) in [4.78, 5) is 23.9. The molecule has 2 N–H and O–H groups in total. The van der Waals surface area contributed by atoms with Crippen LogP contribution >= 0.6 is 27.3 Å². The zero-order valence-corrected chi connectivity index (χ0v) is 20.5. The van der Waals surface area contributed by atoms with Gasteiger partial charge in [0, 0.05) is 32.4 Å². The monoisotopic (exact) mass is 503 g/mol. The lowest BCUT2D eigenvalue weighted by molar-refractivity contribution is -0.137. The molecule has 0 saturated heterocycles. The van der Waals surface area contributed by atoms with Gasteiger partial charge in [0.1, 0.15) is 0 Å². The Labute approximate surface area is 196 Å². The Morgan fingerprint density at radius 3 is 2.84 bits per heavy atom. The van der Waals surface area contributed by atoms with Crippen molar-refractivity contribution in [3.63, 3.8) is 0 Å². The lowest BCUT2D eigenvalue weighted by Gasteiger charge is -2.62. The van der Waals surface area contributed by atoms with Crippen molar-refractivity contribution in [3.8, 4) is 0 Å². The molecule has 1 amide bonds. The Kier molecular flexibility index (Phi) is 6.59. The maximum absolute atomic E-state index is 13.3. The van der Waals surface area contributed by atoms with E-state index in [1.54, 1.807) is 11.3 Å². The summed E-state index contributed by atoms with van der Waals surface area (Å²) in [6.07, 6.45) is 9.24. The van der Waals surface area contributed by atoms with Gasteiger partial charge in [-0.15, -0.1) is 11.3 Å². The second-order valence-electron chi connectivity index (χ2n) is 9.60. The van der Waals surface area contributed by atoms with Crippen LogP contribution in [0.25, 0.3) is 10.1 Å². The Balaban J connectivity index is 1.46. The normalized spacial score (nSPS) is 26.7. The van der Waals surface area contributed by atoms with Gasteiger partial charge >= 0.3 is 5.97 Å². The van der Waals surface area contributed by atoms with Crippen molar-refractivity contribution in [1.82, 2.24) is 5.32 Å². The summed E-state index contributed by atoms with van der Waals surface area (Å²) in [6, 6.07) is 6.11. The van der Waals surface area contributed by atoms with Crippen LogP contribution in [0.1, 0.15) is 62.7 Å². The summed E-state index contributed by atoms with van der Waals surface area (Å²) < 4.78 is 2.07. The second-order valence-corrected chi connectivity index (χ2v) is 11.3. The van der Waals surface area contributed by atoms with Crippen LogP contribution in [0.2, 0.25) is 0 Å². The van der Waals surface area contributed by atoms with Crippen molar-refractivity contribution in [2.24, 2.45) is 23.2 Å². The van der Waals surface area contributed by atoms with E-state index >= 15 is 0 Å². The topological polar surface area (TPSA) is 66.4 Å². The lowest BCUT2D eigenvalue weighted by atomic mass is 9.44. The Bertz CT molecular complexity index is 1010. The molecule has 0 spiro atoms. The van der Waals surface area contributed by atoms with Crippen LogP contribution in [-0.4, -0.2) is 23.0 Å². The molecule has 3 aliphatic rings. The fraction of sp³-hybridized carbons (Fsp3) is 0.520. The molecule has 3 saturated carbocycles. The van der Waals surface area contributed by atoms with E-state index in [1.807, 2.05) is 23.6 Å². The lowest BCUT2D eigenvalue weighted by Crippen LogP contribution is -2.61. The average Bonchev–Trinajstić information content (AvgIpc) is 3.11. The predicted molar refractivity (Wildman–Crippen MR) is 130 cm³/mol. The van der Waals surface area contributed by atoms with Crippen LogP contribution in [0, 0.1) is 23.2 Å². The number of carbonyl (C=O) groups excluding carboxylic acids is 1. The van der Waals surface area contributed by atoms with Gasteiger partial charge in [0.15, 0.2) is 0 Å². The van der Waals surface area contributed by atoms with Crippen LogP contribution in [0.4, 0.5) is 0 Å². The number of amides is 1. The van der Waals surface area contributed by atoms with E-state index in [1.165, 1.54) is 6.42 Å². The molecular weight excluding hydrogens is 474 g/mol. The number of carboxylic acids is 1. The number of halogens is 1. The van der Waals surface area contributed by atoms with Crippen LogP contribution in [-0.2, 0) is 4.79 Å². The Morgan fingerprint density at radius 1 is 1.29 bits per heavy atom. The maximum atomic E-state index is 13.3. The van der Waals surface area contributed by atoms with Crippen molar-refractivity contribution in [2.75, 3.05) is 0 Å². The third-order valence-corrected chi connectivity index (χ3v) is 9.56. The van der Waals surface area contributed by atoms with E-state index in [9.17, 15) is 9.59 Å². The highest BCUT2D eigenvalue weighted by Crippen LogP contribution is 2.62. The third kappa shape index (κ3) is 4.47.